The van der Waals surface area contributed by atoms with Gasteiger partial charge in [0, 0.05) is 5.57 Å². The molecule has 1 aliphatic heterocycles. The average Bonchev–Trinajstić information content (AvgIpc) is 3.22. The van der Waals surface area contributed by atoms with E-state index < -0.39 is 5.97 Å². The zero-order valence-corrected chi connectivity index (χ0v) is 13.3. The zero-order valence-electron chi connectivity index (χ0n) is 13.3. The number of ether oxygens (including phenoxy) is 1. The summed E-state index contributed by atoms with van der Waals surface area (Å²) in [6, 6.07) is 6.43. The minimum absolute atomic E-state index is 0.117. The lowest BCUT2D eigenvalue weighted by Crippen LogP contribution is -2.32. The lowest BCUT2D eigenvalue weighted by molar-refractivity contribution is -0.130. The van der Waals surface area contributed by atoms with Crippen LogP contribution in [0.4, 0.5) is 5.69 Å². The van der Waals surface area contributed by atoms with Gasteiger partial charge in [0.05, 0.1) is 17.5 Å². The van der Waals surface area contributed by atoms with Crippen LogP contribution in [0, 0.1) is 23.7 Å². The third-order valence-electron chi connectivity index (χ3n) is 5.12. The summed E-state index contributed by atoms with van der Waals surface area (Å²) >= 11 is 0. The number of amides is 2. The number of carbonyl (C=O) groups is 3. The van der Waals surface area contributed by atoms with Crippen LogP contribution in [0.25, 0.3) is 0 Å². The topological polar surface area (TPSA) is 63.7 Å². The quantitative estimate of drug-likeness (QED) is 0.282. The Hall–Kier alpha value is -2.69. The van der Waals surface area contributed by atoms with E-state index >= 15 is 0 Å². The van der Waals surface area contributed by atoms with Gasteiger partial charge in [0.2, 0.25) is 11.8 Å². The van der Waals surface area contributed by atoms with Gasteiger partial charge in [-0.25, -0.2) is 4.79 Å². The maximum atomic E-state index is 12.7. The van der Waals surface area contributed by atoms with Gasteiger partial charge in [0.25, 0.3) is 0 Å². The molecule has 5 nitrogen and oxygen atoms in total. The number of fused-ring (bicyclic) bond motifs is 5. The van der Waals surface area contributed by atoms with Crippen LogP contribution in [0.15, 0.2) is 48.6 Å². The third kappa shape index (κ3) is 2.04. The monoisotopic (exact) mass is 323 g/mol. The minimum atomic E-state index is -0.506. The number of nitrogens with zero attached hydrogens (tertiary/aromatic N) is 1. The normalized spacial score (nSPS) is 30.0. The first-order valence-electron chi connectivity index (χ1n) is 8.01. The molecule has 5 heteroatoms. The van der Waals surface area contributed by atoms with Gasteiger partial charge in [-0.2, -0.15) is 0 Å². The highest BCUT2D eigenvalue weighted by Gasteiger charge is 2.59. The van der Waals surface area contributed by atoms with Crippen molar-refractivity contribution in [3.8, 4) is 5.75 Å². The number of allylic oxidation sites excluding steroid dienone is 2. The van der Waals surface area contributed by atoms with Crippen molar-refractivity contribution in [2.75, 3.05) is 4.90 Å². The van der Waals surface area contributed by atoms with E-state index in [0.29, 0.717) is 17.0 Å². The van der Waals surface area contributed by atoms with Gasteiger partial charge in [-0.3, -0.25) is 14.5 Å². The van der Waals surface area contributed by atoms with E-state index in [0.717, 1.165) is 6.42 Å². The second kappa shape index (κ2) is 5.16. The molecule has 1 heterocycles. The molecule has 2 aliphatic carbocycles. The molecule has 1 saturated heterocycles. The molecule has 0 N–H and O–H groups in total. The van der Waals surface area contributed by atoms with Crippen molar-refractivity contribution in [2.24, 2.45) is 23.7 Å². The Morgan fingerprint density at radius 2 is 1.62 bits per heavy atom. The highest BCUT2D eigenvalue weighted by molar-refractivity contribution is 6.22. The van der Waals surface area contributed by atoms with Crippen molar-refractivity contribution in [1.82, 2.24) is 0 Å². The number of anilines is 1. The molecule has 1 aromatic carbocycles. The summed E-state index contributed by atoms with van der Waals surface area (Å²) in [5.41, 5.74) is 0.827. The first-order valence-corrected chi connectivity index (χ1v) is 8.01. The molecule has 2 bridgehead atoms. The molecule has 24 heavy (non-hydrogen) atoms. The number of esters is 1. The Bertz CT molecular complexity index is 762. The smallest absolute Gasteiger partial charge is 0.338 e. The third-order valence-corrected chi connectivity index (χ3v) is 5.12. The van der Waals surface area contributed by atoms with Crippen LogP contribution in [0.3, 0.4) is 0 Å². The van der Waals surface area contributed by atoms with Crippen LogP contribution in [0.5, 0.6) is 5.75 Å². The van der Waals surface area contributed by atoms with Crippen LogP contribution in [-0.2, 0) is 14.4 Å². The summed E-state index contributed by atoms with van der Waals surface area (Å²) in [4.78, 5) is 38.2. The molecule has 122 valence electrons. The lowest BCUT2D eigenvalue weighted by atomic mass is 9.85. The Morgan fingerprint density at radius 1 is 1.08 bits per heavy atom. The summed E-state index contributed by atoms with van der Waals surface area (Å²) in [5.74, 6) is -0.431. The van der Waals surface area contributed by atoms with Crippen LogP contribution in [0.2, 0.25) is 0 Å². The van der Waals surface area contributed by atoms with Crippen LogP contribution >= 0.6 is 0 Å². The number of hydrogen-bond donors (Lipinski definition) is 0. The van der Waals surface area contributed by atoms with E-state index in [1.807, 2.05) is 0 Å². The summed E-state index contributed by atoms with van der Waals surface area (Å²) in [6.07, 6.45) is 5.05. The predicted molar refractivity (Wildman–Crippen MR) is 87.1 cm³/mol. The molecule has 2 amide bonds. The molecule has 3 aliphatic rings. The Kier molecular flexibility index (Phi) is 3.20. The van der Waals surface area contributed by atoms with Gasteiger partial charge in [-0.05, 0) is 49.4 Å². The van der Waals surface area contributed by atoms with Crippen molar-refractivity contribution < 1.29 is 19.1 Å². The first kappa shape index (κ1) is 14.9. The van der Waals surface area contributed by atoms with Gasteiger partial charge in [0.15, 0.2) is 0 Å². The summed E-state index contributed by atoms with van der Waals surface area (Å²) in [7, 11) is 0. The molecular weight excluding hydrogens is 306 g/mol. The van der Waals surface area contributed by atoms with E-state index in [4.69, 9.17) is 4.74 Å². The van der Waals surface area contributed by atoms with Crippen molar-refractivity contribution in [2.45, 2.75) is 13.3 Å². The zero-order chi connectivity index (χ0) is 17.0. The maximum absolute atomic E-state index is 12.7. The molecule has 0 aromatic heterocycles. The molecular formula is C19H17NO4. The summed E-state index contributed by atoms with van der Waals surface area (Å²) in [6.45, 7) is 5.09. The van der Waals surface area contributed by atoms with Crippen LogP contribution in [0.1, 0.15) is 13.3 Å². The van der Waals surface area contributed by atoms with Gasteiger partial charge in [-0.15, -0.1) is 0 Å². The Labute approximate surface area is 139 Å². The highest BCUT2D eigenvalue weighted by atomic mass is 16.5. The van der Waals surface area contributed by atoms with E-state index in [9.17, 15) is 14.4 Å². The number of imide groups is 1. The fourth-order valence-corrected chi connectivity index (χ4v) is 4.01. The lowest BCUT2D eigenvalue weighted by Gasteiger charge is -2.17. The van der Waals surface area contributed by atoms with Crippen LogP contribution < -0.4 is 9.64 Å². The van der Waals surface area contributed by atoms with E-state index in [1.165, 1.54) is 4.90 Å². The molecule has 1 saturated carbocycles. The van der Waals surface area contributed by atoms with Gasteiger partial charge >= 0.3 is 5.97 Å². The Morgan fingerprint density at radius 3 is 2.12 bits per heavy atom. The minimum Gasteiger partial charge on any atom is -0.423 e. The fraction of sp³-hybridized carbons (Fsp3) is 0.316. The van der Waals surface area contributed by atoms with E-state index in [2.05, 4.69) is 18.7 Å². The standard InChI is InChI=1S/C19H17NO4/c1-10(2)19(23)24-14-7-5-13(6-8-14)20-17(21)15-11-3-4-12(9-11)16(15)18(20)22/h3-8,11-12,15-16H,1,9H2,2H3/t11-,12-,15+,16+/m1/s1. The molecule has 0 spiro atoms. The van der Waals surface area contributed by atoms with Gasteiger partial charge < -0.3 is 4.74 Å². The van der Waals surface area contributed by atoms with Gasteiger partial charge in [0.1, 0.15) is 5.75 Å². The Balaban J connectivity index is 1.57. The van der Waals surface area contributed by atoms with E-state index in [-0.39, 0.29) is 35.5 Å². The van der Waals surface area contributed by atoms with Crippen molar-refractivity contribution in [1.29, 1.82) is 0 Å². The van der Waals surface area contributed by atoms with Crippen molar-refractivity contribution in [3.05, 3.63) is 48.6 Å². The second-order valence-electron chi connectivity index (χ2n) is 6.68. The number of carbonyl (C=O) groups excluding carboxylic acids is 3. The predicted octanol–water partition coefficient (Wildman–Crippen LogP) is 2.48. The summed E-state index contributed by atoms with van der Waals surface area (Å²) in [5, 5.41) is 0. The van der Waals surface area contributed by atoms with Crippen molar-refractivity contribution in [3.63, 3.8) is 0 Å². The van der Waals surface area contributed by atoms with Gasteiger partial charge in [-0.1, -0.05) is 18.7 Å². The highest BCUT2D eigenvalue weighted by Crippen LogP contribution is 2.53. The summed E-state index contributed by atoms with van der Waals surface area (Å²) < 4.78 is 5.13. The molecule has 4 atom stereocenters. The molecule has 0 unspecified atom stereocenters. The van der Waals surface area contributed by atoms with Crippen LogP contribution in [-0.4, -0.2) is 17.8 Å². The fourth-order valence-electron chi connectivity index (χ4n) is 4.01. The molecule has 4 rings (SSSR count). The van der Waals surface area contributed by atoms with Crippen molar-refractivity contribution >= 4 is 23.5 Å². The molecule has 2 fully saturated rings. The number of hydrogen-bond acceptors (Lipinski definition) is 4. The molecule has 1 aromatic rings. The average molecular weight is 323 g/mol. The largest absolute Gasteiger partial charge is 0.423 e. The van der Waals surface area contributed by atoms with E-state index in [1.54, 1.807) is 31.2 Å². The first-order chi connectivity index (χ1) is 11.5. The maximum Gasteiger partial charge on any atom is 0.338 e. The molecule has 0 radical (unpaired) electrons. The number of rotatable bonds is 3. The second-order valence-corrected chi connectivity index (χ2v) is 6.68. The SMILES string of the molecule is C=C(C)C(=O)Oc1ccc(N2C(=O)[C@@H]3[C@@H](C2=O)[C@@H]2C=C[C@@H]3C2)cc1. The number of benzene rings is 1.